The third kappa shape index (κ3) is 9.72. The number of hydrogen-bond donors (Lipinski definition) is 3. The lowest BCUT2D eigenvalue weighted by atomic mass is 10.3. The SMILES string of the molecule is C/C=C(\C#N)C(=O)OCC.CCOC(=O)c1cn(-c2ccccn2)nc1N.NNc1ccccn1. The van der Waals surface area contributed by atoms with Gasteiger partial charge in [0.15, 0.2) is 11.6 Å². The number of hydrogen-bond acceptors (Lipinski definition) is 11. The molecule has 0 aliphatic rings. The molecule has 0 amide bonds. The smallest absolute Gasteiger partial charge is 0.348 e. The molecule has 0 aromatic carbocycles. The lowest BCUT2D eigenvalue weighted by molar-refractivity contribution is -0.138. The van der Waals surface area contributed by atoms with Gasteiger partial charge in [0, 0.05) is 18.6 Å². The summed E-state index contributed by atoms with van der Waals surface area (Å²) >= 11 is 0. The molecule has 0 aliphatic heterocycles. The van der Waals surface area contributed by atoms with Crippen LogP contribution in [0.1, 0.15) is 31.1 Å². The first-order valence-corrected chi connectivity index (χ1v) is 10.5. The molecule has 0 atom stereocenters. The molecule has 3 heterocycles. The van der Waals surface area contributed by atoms with Gasteiger partial charge in [-0.1, -0.05) is 18.2 Å². The molecule has 12 nitrogen and oxygen atoms in total. The van der Waals surface area contributed by atoms with Gasteiger partial charge < -0.3 is 20.6 Å². The summed E-state index contributed by atoms with van der Waals surface area (Å²) in [5, 5.41) is 12.3. The van der Waals surface area contributed by atoms with Gasteiger partial charge in [-0.05, 0) is 45.0 Å². The maximum atomic E-state index is 11.5. The Bertz CT molecular complexity index is 1130. The second-order valence-corrected chi connectivity index (χ2v) is 6.17. The maximum Gasteiger partial charge on any atom is 0.348 e. The lowest BCUT2D eigenvalue weighted by Gasteiger charge is -1.98. The van der Waals surface area contributed by atoms with Crippen molar-refractivity contribution in [1.82, 2.24) is 19.7 Å². The molecule has 0 fully saturated rings. The molecule has 3 aromatic rings. The molecule has 0 aliphatic carbocycles. The number of allylic oxidation sites excluding steroid dienone is 1. The third-order valence-electron chi connectivity index (χ3n) is 3.84. The molecule has 0 radical (unpaired) electrons. The number of nitriles is 1. The molecular formula is C23H28N8O4. The minimum Gasteiger partial charge on any atom is -0.462 e. The van der Waals surface area contributed by atoms with Crippen LogP contribution in [-0.4, -0.2) is 44.9 Å². The van der Waals surface area contributed by atoms with Gasteiger partial charge in [0.25, 0.3) is 0 Å². The van der Waals surface area contributed by atoms with Crippen LogP contribution in [0.25, 0.3) is 5.82 Å². The van der Waals surface area contributed by atoms with E-state index in [0.717, 1.165) is 0 Å². The van der Waals surface area contributed by atoms with Crippen LogP contribution in [0.4, 0.5) is 11.6 Å². The highest BCUT2D eigenvalue weighted by atomic mass is 16.5. The molecular weight excluding hydrogens is 452 g/mol. The zero-order chi connectivity index (χ0) is 26.1. The molecule has 5 N–H and O–H groups in total. The van der Waals surface area contributed by atoms with Crippen molar-refractivity contribution in [2.24, 2.45) is 5.84 Å². The number of aromatic nitrogens is 4. The molecule has 0 spiro atoms. The third-order valence-corrected chi connectivity index (χ3v) is 3.84. The van der Waals surface area contributed by atoms with E-state index in [9.17, 15) is 9.59 Å². The molecule has 0 saturated heterocycles. The number of ether oxygens (including phenoxy) is 2. The average molecular weight is 481 g/mol. The number of carbonyl (C=O) groups excluding carboxylic acids is 2. The van der Waals surface area contributed by atoms with Crippen LogP contribution in [0.3, 0.4) is 0 Å². The minimum absolute atomic E-state index is 0.0573. The predicted molar refractivity (Wildman–Crippen MR) is 130 cm³/mol. The largest absolute Gasteiger partial charge is 0.462 e. The van der Waals surface area contributed by atoms with Crippen molar-refractivity contribution in [2.75, 3.05) is 24.4 Å². The molecule has 12 heteroatoms. The first-order valence-electron chi connectivity index (χ1n) is 10.5. The monoisotopic (exact) mass is 480 g/mol. The molecule has 0 saturated carbocycles. The Kier molecular flexibility index (Phi) is 12.9. The fourth-order valence-electron chi connectivity index (χ4n) is 2.24. The zero-order valence-electron chi connectivity index (χ0n) is 19.7. The summed E-state index contributed by atoms with van der Waals surface area (Å²) in [6, 6.07) is 12.6. The summed E-state index contributed by atoms with van der Waals surface area (Å²) in [4.78, 5) is 30.2. The summed E-state index contributed by atoms with van der Waals surface area (Å²) in [6.45, 7) is 5.65. The van der Waals surface area contributed by atoms with Gasteiger partial charge in [-0.15, -0.1) is 5.10 Å². The van der Waals surface area contributed by atoms with Gasteiger partial charge in [0.2, 0.25) is 0 Å². The van der Waals surface area contributed by atoms with Crippen LogP contribution in [0, 0.1) is 11.3 Å². The van der Waals surface area contributed by atoms with E-state index in [4.69, 9.17) is 21.6 Å². The van der Waals surface area contributed by atoms with E-state index in [1.165, 1.54) is 17.0 Å². The lowest BCUT2D eigenvalue weighted by Crippen LogP contribution is -2.07. The van der Waals surface area contributed by atoms with Crippen LogP contribution in [-0.2, 0) is 14.3 Å². The van der Waals surface area contributed by atoms with E-state index < -0.39 is 11.9 Å². The normalized spacial score (nSPS) is 9.86. The Morgan fingerprint density at radius 3 is 2.23 bits per heavy atom. The van der Waals surface area contributed by atoms with Gasteiger partial charge >= 0.3 is 11.9 Å². The number of nitrogens with zero attached hydrogens (tertiary/aromatic N) is 5. The van der Waals surface area contributed by atoms with Crippen molar-refractivity contribution in [3.63, 3.8) is 0 Å². The van der Waals surface area contributed by atoms with Crippen LogP contribution >= 0.6 is 0 Å². The van der Waals surface area contributed by atoms with Crippen LogP contribution < -0.4 is 17.0 Å². The number of anilines is 2. The average Bonchev–Trinajstić information content (AvgIpc) is 3.29. The number of carbonyl (C=O) groups is 2. The fourth-order valence-corrected chi connectivity index (χ4v) is 2.24. The van der Waals surface area contributed by atoms with E-state index in [1.807, 2.05) is 18.2 Å². The minimum atomic E-state index is -0.549. The van der Waals surface area contributed by atoms with Gasteiger partial charge in [-0.25, -0.2) is 30.1 Å². The number of esters is 2. The van der Waals surface area contributed by atoms with Gasteiger partial charge in [-0.2, -0.15) is 5.26 Å². The number of pyridine rings is 2. The first-order chi connectivity index (χ1) is 16.9. The van der Waals surface area contributed by atoms with E-state index in [2.05, 4.69) is 25.2 Å². The summed E-state index contributed by atoms with van der Waals surface area (Å²) in [6.07, 6.45) is 6.25. The highest BCUT2D eigenvalue weighted by Crippen LogP contribution is 2.13. The quantitative estimate of drug-likeness (QED) is 0.155. The maximum absolute atomic E-state index is 11.5. The van der Waals surface area contributed by atoms with E-state index in [1.54, 1.807) is 57.4 Å². The van der Waals surface area contributed by atoms with Gasteiger partial charge in [0.05, 0.1) is 13.2 Å². The van der Waals surface area contributed by atoms with Gasteiger partial charge in [0.1, 0.15) is 23.0 Å². The van der Waals surface area contributed by atoms with Crippen molar-refractivity contribution in [2.45, 2.75) is 20.8 Å². The Balaban J connectivity index is 0.000000290. The van der Waals surface area contributed by atoms with Crippen molar-refractivity contribution >= 4 is 23.6 Å². The highest BCUT2D eigenvalue weighted by molar-refractivity contribution is 5.94. The number of nitrogen functional groups attached to an aromatic ring is 2. The number of hydrazine groups is 1. The number of rotatable bonds is 6. The molecule has 3 aromatic heterocycles. The van der Waals surface area contributed by atoms with E-state index in [0.29, 0.717) is 24.8 Å². The first kappa shape index (κ1) is 28.3. The predicted octanol–water partition coefficient (Wildman–Crippen LogP) is 2.41. The molecule has 3 rings (SSSR count). The van der Waals surface area contributed by atoms with Crippen LogP contribution in [0.15, 0.2) is 66.6 Å². The molecule has 0 bridgehead atoms. The van der Waals surface area contributed by atoms with E-state index in [-0.39, 0.29) is 17.0 Å². The summed E-state index contributed by atoms with van der Waals surface area (Å²) in [5.74, 6) is 5.42. The van der Waals surface area contributed by atoms with Crippen molar-refractivity contribution in [3.8, 4) is 11.9 Å². The number of nitrogens with one attached hydrogen (secondary N) is 1. The van der Waals surface area contributed by atoms with Crippen molar-refractivity contribution in [1.29, 1.82) is 5.26 Å². The molecule has 35 heavy (non-hydrogen) atoms. The molecule has 0 unspecified atom stereocenters. The standard InChI is InChI=1S/C11H12N4O2.C7H9NO2.C5H7N3/c1-2-17-11(16)8-7-15(14-10(8)12)9-5-3-4-6-13-9;1-3-6(5-8)7(9)10-4-2;6-8-5-3-1-2-4-7-5/h3-7H,2H2,1H3,(H2,12,14);3H,4H2,1-2H3;1-4H,6H2,(H,7,8)/b;6-3+;. The summed E-state index contributed by atoms with van der Waals surface area (Å²) in [5.41, 5.74) is 8.37. The Labute approximate surface area is 203 Å². The Morgan fingerprint density at radius 1 is 1.11 bits per heavy atom. The zero-order valence-corrected chi connectivity index (χ0v) is 19.7. The molecule has 184 valence electrons. The highest BCUT2D eigenvalue weighted by Gasteiger charge is 2.16. The fraction of sp³-hybridized carbons (Fsp3) is 0.217. The van der Waals surface area contributed by atoms with Gasteiger partial charge in [-0.3, -0.25) is 0 Å². The second-order valence-electron chi connectivity index (χ2n) is 6.17. The van der Waals surface area contributed by atoms with Crippen LogP contribution in [0.5, 0.6) is 0 Å². The van der Waals surface area contributed by atoms with Crippen molar-refractivity contribution < 1.29 is 19.1 Å². The Hall–Kier alpha value is -4.76. The van der Waals surface area contributed by atoms with Crippen molar-refractivity contribution in [3.05, 3.63) is 72.2 Å². The second kappa shape index (κ2) is 15.9. The summed E-state index contributed by atoms with van der Waals surface area (Å²) < 4.78 is 10.9. The number of nitrogens with two attached hydrogens (primary N) is 2. The topological polar surface area (TPSA) is 184 Å². The van der Waals surface area contributed by atoms with E-state index >= 15 is 0 Å². The van der Waals surface area contributed by atoms with Crippen LogP contribution in [0.2, 0.25) is 0 Å². The summed E-state index contributed by atoms with van der Waals surface area (Å²) in [7, 11) is 0. The Morgan fingerprint density at radius 2 is 1.77 bits per heavy atom.